The number of thiophene rings is 1. The quantitative estimate of drug-likeness (QED) is 0.444. The molecule has 6 nitrogen and oxygen atoms in total. The minimum atomic E-state index is -0.405. The molecule has 0 unspecified atom stereocenters. The smallest absolute Gasteiger partial charge is 0.267 e. The summed E-state index contributed by atoms with van der Waals surface area (Å²) in [7, 11) is 3.03. The first-order chi connectivity index (χ1) is 14.2. The molecule has 0 aliphatic heterocycles. The molecule has 2 amide bonds. The number of hydrogen-bond donors (Lipinski definition) is 2. The number of thioether (sulfide) groups is 1. The molecule has 0 aliphatic carbocycles. The van der Waals surface area contributed by atoms with E-state index in [0.29, 0.717) is 23.6 Å². The highest BCUT2D eigenvalue weighted by molar-refractivity contribution is 8.00. The van der Waals surface area contributed by atoms with E-state index in [4.69, 9.17) is 9.47 Å². The third-order valence-corrected chi connectivity index (χ3v) is 5.98. The largest absolute Gasteiger partial charge is 0.493 e. The molecule has 0 aliphatic rings. The van der Waals surface area contributed by atoms with Crippen LogP contribution in [0.1, 0.15) is 36.0 Å². The van der Waals surface area contributed by atoms with Crippen LogP contribution in [0.2, 0.25) is 0 Å². The van der Waals surface area contributed by atoms with Crippen LogP contribution in [0.25, 0.3) is 6.08 Å². The van der Waals surface area contributed by atoms with Gasteiger partial charge >= 0.3 is 0 Å². The van der Waals surface area contributed by atoms with Gasteiger partial charge in [-0.3, -0.25) is 9.59 Å². The topological polar surface area (TPSA) is 76.7 Å². The van der Waals surface area contributed by atoms with E-state index in [1.54, 1.807) is 36.0 Å². The van der Waals surface area contributed by atoms with Crippen LogP contribution in [-0.4, -0.2) is 43.1 Å². The molecule has 0 spiro atoms. The maximum atomic E-state index is 12.8. The van der Waals surface area contributed by atoms with Crippen molar-refractivity contribution in [2.75, 3.05) is 26.5 Å². The number of ether oxygens (including phenoxy) is 2. The average molecular weight is 449 g/mol. The Balaban J connectivity index is 2.14. The Kier molecular flexibility index (Phi) is 8.80. The van der Waals surface area contributed by atoms with Gasteiger partial charge in [-0.05, 0) is 35.7 Å². The van der Waals surface area contributed by atoms with Gasteiger partial charge in [0.05, 0.1) is 14.2 Å². The van der Waals surface area contributed by atoms with Crippen molar-refractivity contribution in [1.82, 2.24) is 10.6 Å². The second-order valence-electron chi connectivity index (χ2n) is 7.31. The van der Waals surface area contributed by atoms with Crippen LogP contribution < -0.4 is 20.1 Å². The van der Waals surface area contributed by atoms with Crippen LogP contribution in [0.5, 0.6) is 11.5 Å². The lowest BCUT2D eigenvalue weighted by Gasteiger charge is -2.18. The molecule has 8 heteroatoms. The van der Waals surface area contributed by atoms with Gasteiger partial charge in [0, 0.05) is 27.5 Å². The van der Waals surface area contributed by atoms with Crippen molar-refractivity contribution in [1.29, 1.82) is 0 Å². The Morgan fingerprint density at radius 1 is 1.13 bits per heavy atom. The molecule has 1 aromatic carbocycles. The van der Waals surface area contributed by atoms with Gasteiger partial charge in [-0.1, -0.05) is 26.8 Å². The van der Waals surface area contributed by atoms with E-state index in [1.165, 1.54) is 25.6 Å². The van der Waals surface area contributed by atoms with Crippen molar-refractivity contribution in [3.05, 3.63) is 51.8 Å². The van der Waals surface area contributed by atoms with E-state index in [-0.39, 0.29) is 16.4 Å². The van der Waals surface area contributed by atoms with Gasteiger partial charge in [-0.15, -0.1) is 11.3 Å². The molecule has 0 fully saturated rings. The molecule has 0 radical (unpaired) electrons. The Morgan fingerprint density at radius 2 is 1.87 bits per heavy atom. The fraction of sp³-hybridized carbons (Fsp3) is 0.364. The number of hydrogen-bond acceptors (Lipinski definition) is 6. The van der Waals surface area contributed by atoms with Crippen LogP contribution in [0.3, 0.4) is 0 Å². The predicted octanol–water partition coefficient (Wildman–Crippen LogP) is 4.18. The zero-order valence-electron chi connectivity index (χ0n) is 17.9. The van der Waals surface area contributed by atoms with Gasteiger partial charge in [-0.2, -0.15) is 11.8 Å². The number of nitrogens with one attached hydrogen (secondary N) is 2. The van der Waals surface area contributed by atoms with E-state index in [2.05, 4.69) is 31.4 Å². The number of rotatable bonds is 9. The lowest BCUT2D eigenvalue weighted by molar-refractivity contribution is -0.117. The second kappa shape index (κ2) is 11.1. The number of amides is 2. The minimum Gasteiger partial charge on any atom is -0.493 e. The highest BCUT2D eigenvalue weighted by Gasteiger charge is 2.17. The Hall–Kier alpha value is -2.45. The Labute approximate surface area is 186 Å². The summed E-state index contributed by atoms with van der Waals surface area (Å²) in [6, 6.07) is 8.63. The first kappa shape index (κ1) is 23.8. The maximum Gasteiger partial charge on any atom is 0.267 e. The monoisotopic (exact) mass is 448 g/mol. The summed E-state index contributed by atoms with van der Waals surface area (Å²) in [5, 5.41) is 7.53. The van der Waals surface area contributed by atoms with Gasteiger partial charge in [0.1, 0.15) is 5.70 Å². The fourth-order valence-electron chi connectivity index (χ4n) is 2.46. The third-order valence-electron chi connectivity index (χ3n) is 3.89. The van der Waals surface area contributed by atoms with Crippen molar-refractivity contribution in [3.8, 4) is 11.5 Å². The van der Waals surface area contributed by atoms with Crippen molar-refractivity contribution in [2.45, 2.75) is 25.5 Å². The molecular weight excluding hydrogens is 420 g/mol. The molecule has 2 aromatic rings. The molecule has 162 valence electrons. The fourth-order valence-corrected chi connectivity index (χ4v) is 3.94. The van der Waals surface area contributed by atoms with Gasteiger partial charge in [0.2, 0.25) is 0 Å². The standard InChI is InChI=1S/C22H28N2O4S2/c1-22(2,3)30-12-10-23-21(26)17(14-16-7-6-11-29-16)24-20(25)15-8-9-18(27-4)19(13-15)28-5/h6-9,11,13-14H,10,12H2,1-5H3,(H,23,26)(H,24,25)/b17-14-. The zero-order valence-corrected chi connectivity index (χ0v) is 19.5. The minimum absolute atomic E-state index is 0.127. The Morgan fingerprint density at radius 3 is 2.47 bits per heavy atom. The van der Waals surface area contributed by atoms with E-state index < -0.39 is 5.91 Å². The molecule has 0 saturated heterocycles. The van der Waals surface area contributed by atoms with Gasteiger partial charge in [-0.25, -0.2) is 0 Å². The van der Waals surface area contributed by atoms with Gasteiger partial charge in [0.25, 0.3) is 11.8 Å². The third kappa shape index (κ3) is 7.42. The van der Waals surface area contributed by atoms with E-state index >= 15 is 0 Å². The van der Waals surface area contributed by atoms with Crippen molar-refractivity contribution in [3.63, 3.8) is 0 Å². The van der Waals surface area contributed by atoms with Crippen LogP contribution in [0.4, 0.5) is 0 Å². The van der Waals surface area contributed by atoms with Crippen LogP contribution >= 0.6 is 23.1 Å². The summed E-state index contributed by atoms with van der Waals surface area (Å²) in [6.07, 6.45) is 1.68. The zero-order chi connectivity index (χ0) is 22.1. The molecule has 1 heterocycles. The summed E-state index contributed by atoms with van der Waals surface area (Å²) < 4.78 is 10.6. The Bertz CT molecular complexity index is 887. The molecule has 1 aromatic heterocycles. The van der Waals surface area contributed by atoms with Crippen molar-refractivity contribution in [2.24, 2.45) is 0 Å². The van der Waals surface area contributed by atoms with E-state index in [0.717, 1.165) is 10.6 Å². The first-order valence-electron chi connectivity index (χ1n) is 9.44. The molecule has 2 rings (SSSR count). The first-order valence-corrected chi connectivity index (χ1v) is 11.3. The van der Waals surface area contributed by atoms with Crippen LogP contribution in [0, 0.1) is 0 Å². The lowest BCUT2D eigenvalue weighted by atomic mass is 10.1. The summed E-state index contributed by atoms with van der Waals surface area (Å²) in [5.74, 6) is 1.02. The molecule has 0 atom stereocenters. The normalized spacial score (nSPS) is 11.7. The van der Waals surface area contributed by atoms with Gasteiger partial charge in [0.15, 0.2) is 11.5 Å². The highest BCUT2D eigenvalue weighted by atomic mass is 32.2. The maximum absolute atomic E-state index is 12.8. The number of benzene rings is 1. The summed E-state index contributed by atoms with van der Waals surface area (Å²) in [4.78, 5) is 26.4. The molecule has 0 bridgehead atoms. The molecular formula is C22H28N2O4S2. The number of carbonyl (C=O) groups excluding carboxylic acids is 2. The van der Waals surface area contributed by atoms with Crippen molar-refractivity contribution < 1.29 is 19.1 Å². The predicted molar refractivity (Wildman–Crippen MR) is 125 cm³/mol. The second-order valence-corrected chi connectivity index (χ2v) is 10.2. The highest BCUT2D eigenvalue weighted by Crippen LogP contribution is 2.27. The SMILES string of the molecule is COc1ccc(C(=O)N/C(=C\c2cccs2)C(=O)NCCSC(C)(C)C)cc1OC. The van der Waals surface area contributed by atoms with E-state index in [1.807, 2.05) is 17.5 Å². The lowest BCUT2D eigenvalue weighted by Crippen LogP contribution is -2.36. The average Bonchev–Trinajstić information content (AvgIpc) is 3.22. The van der Waals surface area contributed by atoms with Crippen molar-refractivity contribution >= 4 is 41.0 Å². The summed E-state index contributed by atoms with van der Waals surface area (Å²) in [6.45, 7) is 6.90. The number of methoxy groups -OCH3 is 2. The van der Waals surface area contributed by atoms with Crippen LogP contribution in [0.15, 0.2) is 41.4 Å². The molecule has 2 N–H and O–H groups in total. The summed E-state index contributed by atoms with van der Waals surface area (Å²) in [5.41, 5.74) is 0.554. The molecule has 30 heavy (non-hydrogen) atoms. The molecule has 0 saturated carbocycles. The number of carbonyl (C=O) groups is 2. The summed E-state index contributed by atoms with van der Waals surface area (Å²) >= 11 is 3.25. The van der Waals surface area contributed by atoms with Gasteiger partial charge < -0.3 is 20.1 Å². The van der Waals surface area contributed by atoms with E-state index in [9.17, 15) is 9.59 Å². The van der Waals surface area contributed by atoms with Crippen LogP contribution in [-0.2, 0) is 4.79 Å².